The van der Waals surface area contributed by atoms with Gasteiger partial charge in [-0.2, -0.15) is 0 Å². The average Bonchev–Trinajstić information content (AvgIpc) is 2.30. The summed E-state index contributed by atoms with van der Waals surface area (Å²) >= 11 is 0. The van der Waals surface area contributed by atoms with Gasteiger partial charge in [-0.05, 0) is 6.07 Å². The summed E-state index contributed by atoms with van der Waals surface area (Å²) in [5, 5.41) is 9.29. The molecule has 11 heavy (non-hydrogen) atoms. The van der Waals surface area contributed by atoms with Crippen LogP contribution < -0.4 is 0 Å². The molecular weight excluding hydrogens is 142 g/mol. The molecule has 0 amide bonds. The molecule has 3 nitrogen and oxygen atoms in total. The van der Waals surface area contributed by atoms with Crippen molar-refractivity contribution in [2.75, 3.05) is 0 Å². The minimum atomic E-state index is -0.633. The Labute approximate surface area is 63.7 Å². The number of hydrogen-bond donors (Lipinski definition) is 1. The highest BCUT2D eigenvalue weighted by Gasteiger charge is 2.28. The molecule has 3 heteroatoms. The second-order valence-corrected chi connectivity index (χ2v) is 2.58. The zero-order chi connectivity index (χ0) is 7.84. The van der Waals surface area contributed by atoms with Crippen LogP contribution in [0.15, 0.2) is 18.3 Å². The normalized spacial score (nSPS) is 21.9. The molecule has 0 saturated heterocycles. The predicted octanol–water partition coefficient (Wildman–Crippen LogP) is 0.701. The summed E-state index contributed by atoms with van der Waals surface area (Å²) in [4.78, 5) is 14.9. The smallest absolute Gasteiger partial charge is 0.184 e. The van der Waals surface area contributed by atoms with E-state index in [1.54, 1.807) is 18.3 Å². The number of rotatable bonds is 0. The Kier molecular flexibility index (Phi) is 1.26. The second-order valence-electron chi connectivity index (χ2n) is 2.58. The van der Waals surface area contributed by atoms with Gasteiger partial charge in [-0.1, -0.05) is 6.07 Å². The molecule has 0 spiro atoms. The fourth-order valence-corrected chi connectivity index (χ4v) is 1.30. The van der Waals surface area contributed by atoms with Crippen LogP contribution in [0.1, 0.15) is 28.6 Å². The molecule has 1 aromatic heterocycles. The highest BCUT2D eigenvalue weighted by atomic mass is 16.3. The number of aliphatic hydroxyl groups excluding tert-OH is 1. The van der Waals surface area contributed by atoms with Crippen molar-refractivity contribution in [1.29, 1.82) is 0 Å². The number of aliphatic hydroxyl groups is 1. The van der Waals surface area contributed by atoms with E-state index < -0.39 is 6.10 Å². The first-order chi connectivity index (χ1) is 5.29. The average molecular weight is 149 g/mol. The van der Waals surface area contributed by atoms with Gasteiger partial charge in [0, 0.05) is 18.2 Å². The molecule has 1 aromatic rings. The van der Waals surface area contributed by atoms with Crippen LogP contribution in [0, 0.1) is 0 Å². The van der Waals surface area contributed by atoms with Gasteiger partial charge in [0.1, 0.15) is 5.69 Å². The van der Waals surface area contributed by atoms with Crippen LogP contribution in [-0.2, 0) is 0 Å². The topological polar surface area (TPSA) is 50.2 Å². The molecule has 1 aliphatic carbocycles. The van der Waals surface area contributed by atoms with Crippen molar-refractivity contribution >= 4 is 5.78 Å². The molecule has 1 heterocycles. The zero-order valence-electron chi connectivity index (χ0n) is 5.82. The summed E-state index contributed by atoms with van der Waals surface area (Å²) < 4.78 is 0. The molecular formula is C8H7NO2. The number of Topliss-reactive ketones (excluding diaryl/α,β-unsaturated/α-hetero) is 1. The Bertz CT molecular complexity index is 309. The van der Waals surface area contributed by atoms with Crippen molar-refractivity contribution in [2.24, 2.45) is 0 Å². The first-order valence-electron chi connectivity index (χ1n) is 3.45. The highest BCUT2D eigenvalue weighted by Crippen LogP contribution is 2.28. The molecule has 1 aliphatic rings. The van der Waals surface area contributed by atoms with E-state index in [-0.39, 0.29) is 12.2 Å². The number of nitrogens with zero attached hydrogens (tertiary/aromatic N) is 1. The summed E-state index contributed by atoms with van der Waals surface area (Å²) in [6.45, 7) is 0. The molecule has 0 radical (unpaired) electrons. The molecule has 0 unspecified atom stereocenters. The first-order valence-corrected chi connectivity index (χ1v) is 3.45. The number of pyridine rings is 1. The minimum Gasteiger partial charge on any atom is -0.388 e. The van der Waals surface area contributed by atoms with Crippen molar-refractivity contribution in [3.63, 3.8) is 0 Å². The van der Waals surface area contributed by atoms with Crippen LogP contribution in [-0.4, -0.2) is 15.9 Å². The fourth-order valence-electron chi connectivity index (χ4n) is 1.30. The van der Waals surface area contributed by atoms with Gasteiger partial charge in [0.2, 0.25) is 0 Å². The minimum absolute atomic E-state index is 0.0619. The van der Waals surface area contributed by atoms with Crippen molar-refractivity contribution < 1.29 is 9.90 Å². The summed E-state index contributed by atoms with van der Waals surface area (Å²) in [6.07, 6.45) is 1.12. The van der Waals surface area contributed by atoms with Crippen LogP contribution >= 0.6 is 0 Å². The maximum Gasteiger partial charge on any atom is 0.184 e. The van der Waals surface area contributed by atoms with Crippen LogP contribution in [0.4, 0.5) is 0 Å². The van der Waals surface area contributed by atoms with Gasteiger partial charge < -0.3 is 5.11 Å². The Balaban J connectivity index is 2.60. The third kappa shape index (κ3) is 0.851. The molecule has 2 rings (SSSR count). The van der Waals surface area contributed by atoms with Crippen LogP contribution in [0.3, 0.4) is 0 Å². The predicted molar refractivity (Wildman–Crippen MR) is 38.1 cm³/mol. The third-order valence-electron chi connectivity index (χ3n) is 1.84. The number of fused-ring (bicyclic) bond motifs is 1. The van der Waals surface area contributed by atoms with Gasteiger partial charge in [-0.15, -0.1) is 0 Å². The molecule has 0 saturated carbocycles. The first kappa shape index (κ1) is 6.49. The van der Waals surface area contributed by atoms with Crippen LogP contribution in [0.5, 0.6) is 0 Å². The van der Waals surface area contributed by atoms with Gasteiger partial charge in [-0.25, -0.2) is 0 Å². The number of ketones is 1. The second kappa shape index (κ2) is 2.13. The highest BCUT2D eigenvalue weighted by molar-refractivity contribution is 5.99. The van der Waals surface area contributed by atoms with E-state index in [0.717, 1.165) is 0 Å². The van der Waals surface area contributed by atoms with Crippen LogP contribution in [0.25, 0.3) is 0 Å². The van der Waals surface area contributed by atoms with Crippen molar-refractivity contribution in [1.82, 2.24) is 4.98 Å². The number of hydrogen-bond acceptors (Lipinski definition) is 3. The lowest BCUT2D eigenvalue weighted by atomic mass is 10.2. The van der Waals surface area contributed by atoms with Crippen molar-refractivity contribution in [3.05, 3.63) is 29.6 Å². The van der Waals surface area contributed by atoms with Gasteiger partial charge in [0.15, 0.2) is 5.78 Å². The maximum absolute atomic E-state index is 11.1. The largest absolute Gasteiger partial charge is 0.388 e. The van der Waals surface area contributed by atoms with E-state index in [1.807, 2.05) is 0 Å². The molecule has 1 N–H and O–H groups in total. The number of aromatic nitrogens is 1. The summed E-state index contributed by atoms with van der Waals surface area (Å²) in [6, 6.07) is 3.46. The zero-order valence-corrected chi connectivity index (χ0v) is 5.82. The lowest BCUT2D eigenvalue weighted by Crippen LogP contribution is -1.93. The molecule has 0 fully saturated rings. The van der Waals surface area contributed by atoms with E-state index in [2.05, 4.69) is 4.98 Å². The summed E-state index contributed by atoms with van der Waals surface area (Å²) in [7, 11) is 0. The van der Waals surface area contributed by atoms with E-state index >= 15 is 0 Å². The number of carbonyl (C=O) groups is 1. The molecule has 1 atom stereocenters. The monoisotopic (exact) mass is 149 g/mol. The van der Waals surface area contributed by atoms with E-state index in [1.165, 1.54) is 0 Å². The summed E-state index contributed by atoms with van der Waals surface area (Å²) in [5.41, 5.74) is 1.09. The van der Waals surface area contributed by atoms with Gasteiger partial charge in [0.25, 0.3) is 0 Å². The lowest BCUT2D eigenvalue weighted by molar-refractivity contribution is 0.0927. The Morgan fingerprint density at radius 1 is 1.64 bits per heavy atom. The van der Waals surface area contributed by atoms with E-state index in [4.69, 9.17) is 0 Å². The Morgan fingerprint density at radius 3 is 3.18 bits per heavy atom. The molecule has 0 bridgehead atoms. The fraction of sp³-hybridized carbons (Fsp3) is 0.250. The number of carbonyl (C=O) groups excluding carboxylic acids is 1. The van der Waals surface area contributed by atoms with Crippen LogP contribution in [0.2, 0.25) is 0 Å². The Morgan fingerprint density at radius 2 is 2.45 bits per heavy atom. The van der Waals surface area contributed by atoms with Gasteiger partial charge in [-0.3, -0.25) is 9.78 Å². The molecule has 56 valence electrons. The quantitative estimate of drug-likeness (QED) is 0.590. The molecule has 0 aliphatic heterocycles. The van der Waals surface area contributed by atoms with E-state index in [0.29, 0.717) is 11.3 Å². The van der Waals surface area contributed by atoms with Gasteiger partial charge >= 0.3 is 0 Å². The van der Waals surface area contributed by atoms with Gasteiger partial charge in [0.05, 0.1) is 6.10 Å². The molecule has 0 aromatic carbocycles. The Hall–Kier alpha value is -1.22. The SMILES string of the molecule is O=C1C[C@@H](O)c2cccnc21. The van der Waals surface area contributed by atoms with Crippen molar-refractivity contribution in [2.45, 2.75) is 12.5 Å². The maximum atomic E-state index is 11.1. The lowest BCUT2D eigenvalue weighted by Gasteiger charge is -1.98. The van der Waals surface area contributed by atoms with E-state index in [9.17, 15) is 9.90 Å². The summed E-state index contributed by atoms with van der Waals surface area (Å²) in [5.74, 6) is -0.0619. The standard InChI is InChI=1S/C8H7NO2/c10-6-4-7(11)8-5(6)2-1-3-9-8/h1-3,6,10H,4H2/t6-/m1/s1. The third-order valence-corrected chi connectivity index (χ3v) is 1.84. The van der Waals surface area contributed by atoms with Crippen molar-refractivity contribution in [3.8, 4) is 0 Å².